The van der Waals surface area contributed by atoms with Crippen LogP contribution in [0.15, 0.2) is 60.7 Å². The van der Waals surface area contributed by atoms with Gasteiger partial charge in [-0.25, -0.2) is 0 Å². The number of hydrogen-bond donors (Lipinski definition) is 0. The molecule has 14 heteroatoms. The van der Waals surface area contributed by atoms with E-state index in [0.717, 1.165) is 116 Å². The van der Waals surface area contributed by atoms with E-state index in [9.17, 15) is 26.3 Å². The van der Waals surface area contributed by atoms with Crippen LogP contribution in [0, 0.1) is 10.8 Å². The van der Waals surface area contributed by atoms with Crippen LogP contribution in [0.3, 0.4) is 0 Å². The lowest BCUT2D eigenvalue weighted by molar-refractivity contribution is -0.164. The Morgan fingerprint density at radius 1 is 0.467 bits per heavy atom. The molecule has 2 fully saturated rings. The first-order chi connectivity index (χ1) is 28.9. The predicted molar refractivity (Wildman–Crippen MR) is 215 cm³/mol. The molecule has 0 atom stereocenters. The van der Waals surface area contributed by atoms with Crippen molar-refractivity contribution in [3.63, 3.8) is 0 Å². The van der Waals surface area contributed by atoms with Gasteiger partial charge in [0.1, 0.15) is 47.3 Å². The molecule has 0 amide bonds. The van der Waals surface area contributed by atoms with Crippen LogP contribution in [0.1, 0.15) is 100 Å². The number of alkyl halides is 6. The lowest BCUT2D eigenvalue weighted by atomic mass is 9.84. The lowest BCUT2D eigenvalue weighted by Crippen LogP contribution is -2.45. The van der Waals surface area contributed by atoms with Crippen LogP contribution < -0.4 is 18.9 Å². The third-order valence-corrected chi connectivity index (χ3v) is 11.2. The van der Waals surface area contributed by atoms with Crippen molar-refractivity contribution in [3.8, 4) is 23.0 Å². The molecule has 0 N–H and O–H groups in total. The first-order valence-corrected chi connectivity index (χ1v) is 21.2. The SMILES string of the molecule is CCC1(COCCCCCCOc2ccc(COc3ccc(OCc4ccc(OCCCCCCOCC5(CC)COC5)cc4)c(C(F)(F)F)c3C(F)(F)F)cc2)COC1. The normalized spacial score (nSPS) is 15.9. The van der Waals surface area contributed by atoms with Gasteiger partial charge < -0.3 is 37.9 Å². The molecule has 0 bridgehead atoms. The van der Waals surface area contributed by atoms with Gasteiger partial charge in [-0.3, -0.25) is 0 Å². The summed E-state index contributed by atoms with van der Waals surface area (Å²) in [6.45, 7) is 10.5. The first kappa shape index (κ1) is 47.3. The summed E-state index contributed by atoms with van der Waals surface area (Å²) in [6.07, 6.45) is -1.09. The summed E-state index contributed by atoms with van der Waals surface area (Å²) in [5.74, 6) is -0.766. The number of halogens is 6. The van der Waals surface area contributed by atoms with Crippen LogP contribution in [0.5, 0.6) is 23.0 Å². The molecule has 2 saturated heterocycles. The van der Waals surface area contributed by atoms with Crippen LogP contribution in [0.4, 0.5) is 26.3 Å². The van der Waals surface area contributed by atoms with E-state index in [4.69, 9.17) is 37.9 Å². The molecule has 2 heterocycles. The Labute approximate surface area is 350 Å². The number of hydrogen-bond acceptors (Lipinski definition) is 8. The molecule has 8 nitrogen and oxygen atoms in total. The monoisotopic (exact) mass is 854 g/mol. The van der Waals surface area contributed by atoms with Crippen molar-refractivity contribution in [1.29, 1.82) is 0 Å². The zero-order valence-corrected chi connectivity index (χ0v) is 34.9. The third kappa shape index (κ3) is 14.4. The number of unbranched alkanes of at least 4 members (excludes halogenated alkanes) is 6. The van der Waals surface area contributed by atoms with Crippen molar-refractivity contribution >= 4 is 0 Å². The Balaban J connectivity index is 1.03. The Hall–Kier alpha value is -3.72. The van der Waals surface area contributed by atoms with Gasteiger partial charge in [0.25, 0.3) is 0 Å². The molecule has 60 heavy (non-hydrogen) atoms. The molecule has 2 aliphatic heterocycles. The van der Waals surface area contributed by atoms with Crippen molar-refractivity contribution in [2.45, 2.75) is 104 Å². The smallest absolute Gasteiger partial charge is 0.420 e. The Morgan fingerprint density at radius 3 is 1.12 bits per heavy atom. The summed E-state index contributed by atoms with van der Waals surface area (Å²) < 4.78 is 131. The zero-order valence-electron chi connectivity index (χ0n) is 34.9. The van der Waals surface area contributed by atoms with Gasteiger partial charge in [-0.2, -0.15) is 26.3 Å². The van der Waals surface area contributed by atoms with Gasteiger partial charge in [-0.15, -0.1) is 0 Å². The van der Waals surface area contributed by atoms with Gasteiger partial charge in [-0.05, 0) is 98.9 Å². The second kappa shape index (κ2) is 22.9. The van der Waals surface area contributed by atoms with Crippen LogP contribution in [-0.2, 0) is 44.5 Å². The van der Waals surface area contributed by atoms with E-state index in [1.165, 1.54) is 0 Å². The minimum absolute atomic E-state index is 0.187. The highest BCUT2D eigenvalue weighted by Gasteiger charge is 2.48. The highest BCUT2D eigenvalue weighted by molar-refractivity contribution is 5.52. The van der Waals surface area contributed by atoms with Crippen molar-refractivity contribution < 1.29 is 64.2 Å². The zero-order chi connectivity index (χ0) is 42.9. The van der Waals surface area contributed by atoms with E-state index in [1.54, 1.807) is 48.5 Å². The minimum atomic E-state index is -5.39. The molecule has 0 aromatic heterocycles. The topological polar surface area (TPSA) is 73.8 Å². The van der Waals surface area contributed by atoms with E-state index >= 15 is 0 Å². The summed E-state index contributed by atoms with van der Waals surface area (Å²) in [7, 11) is 0. The molecule has 0 saturated carbocycles. The standard InChI is InChI=1S/C46H60F6O8/c1-3-43(31-55-32-43)29-53-23-9-5-7-11-25-57-37-17-13-35(14-18-37)27-59-39-21-22-40(42(46(50,51)52)41(39)45(47,48)49)60-28-36-15-19-38(20-16-36)58-26-12-8-6-10-24-54-30-44(4-2)33-56-34-44/h13-22H,3-12,23-34H2,1-2H3. The maximum atomic E-state index is 14.3. The van der Waals surface area contributed by atoms with E-state index in [1.807, 2.05) is 0 Å². The van der Waals surface area contributed by atoms with Crippen LogP contribution in [0.25, 0.3) is 0 Å². The Kier molecular flexibility index (Phi) is 18.1. The molecular weight excluding hydrogens is 794 g/mol. The summed E-state index contributed by atoms with van der Waals surface area (Å²) in [5, 5.41) is 0. The molecule has 3 aromatic rings. The van der Waals surface area contributed by atoms with Crippen molar-refractivity contribution in [2.24, 2.45) is 10.8 Å². The van der Waals surface area contributed by atoms with Gasteiger partial charge >= 0.3 is 12.4 Å². The molecular formula is C46H60F6O8. The first-order valence-electron chi connectivity index (χ1n) is 21.2. The van der Waals surface area contributed by atoms with Gasteiger partial charge in [0.15, 0.2) is 0 Å². The largest absolute Gasteiger partial charge is 0.494 e. The highest BCUT2D eigenvalue weighted by Crippen LogP contribution is 2.49. The van der Waals surface area contributed by atoms with Crippen LogP contribution in [0.2, 0.25) is 0 Å². The van der Waals surface area contributed by atoms with Crippen LogP contribution >= 0.6 is 0 Å². The second-order valence-corrected chi connectivity index (χ2v) is 16.0. The number of benzene rings is 3. The maximum Gasteiger partial charge on any atom is 0.420 e. The average Bonchev–Trinajstić information content (AvgIpc) is 3.19. The molecule has 3 aromatic carbocycles. The third-order valence-electron chi connectivity index (χ3n) is 11.2. The summed E-state index contributed by atoms with van der Waals surface area (Å²) >= 11 is 0. The second-order valence-electron chi connectivity index (χ2n) is 16.0. The maximum absolute atomic E-state index is 14.3. The summed E-state index contributed by atoms with van der Waals surface area (Å²) in [6, 6.07) is 14.7. The van der Waals surface area contributed by atoms with E-state index in [2.05, 4.69) is 13.8 Å². The molecule has 0 radical (unpaired) electrons. The summed E-state index contributed by atoms with van der Waals surface area (Å²) in [4.78, 5) is 0. The van der Waals surface area contributed by atoms with Gasteiger partial charge in [0.05, 0.1) is 52.9 Å². The molecule has 0 spiro atoms. The molecule has 334 valence electrons. The van der Waals surface area contributed by atoms with Gasteiger partial charge in [0.2, 0.25) is 0 Å². The fourth-order valence-electron chi connectivity index (χ4n) is 6.89. The van der Waals surface area contributed by atoms with Gasteiger partial charge in [-0.1, -0.05) is 51.0 Å². The fourth-order valence-corrected chi connectivity index (χ4v) is 6.89. The predicted octanol–water partition coefficient (Wildman–Crippen LogP) is 11.6. The number of rotatable bonds is 28. The van der Waals surface area contributed by atoms with Crippen molar-refractivity contribution in [2.75, 3.05) is 66.1 Å². The highest BCUT2D eigenvalue weighted by atomic mass is 19.4. The van der Waals surface area contributed by atoms with Crippen molar-refractivity contribution in [1.82, 2.24) is 0 Å². The van der Waals surface area contributed by atoms with E-state index < -0.39 is 48.2 Å². The fraction of sp³-hybridized carbons (Fsp3) is 0.609. The van der Waals surface area contributed by atoms with Crippen LogP contribution in [-0.4, -0.2) is 66.1 Å². The Bertz CT molecular complexity index is 1550. The summed E-state index contributed by atoms with van der Waals surface area (Å²) in [5.41, 5.74) is -2.60. The Morgan fingerprint density at radius 2 is 0.817 bits per heavy atom. The van der Waals surface area contributed by atoms with Gasteiger partial charge in [0, 0.05) is 24.0 Å². The molecule has 0 unspecified atom stereocenters. The molecule has 2 aliphatic rings. The number of ether oxygens (including phenoxy) is 8. The quantitative estimate of drug-likeness (QED) is 0.0528. The average molecular weight is 855 g/mol. The van der Waals surface area contributed by atoms with E-state index in [0.29, 0.717) is 49.1 Å². The molecule has 5 rings (SSSR count). The lowest BCUT2D eigenvalue weighted by Gasteiger charge is -2.40. The molecule has 0 aliphatic carbocycles. The minimum Gasteiger partial charge on any atom is -0.494 e. The van der Waals surface area contributed by atoms with E-state index in [-0.39, 0.29) is 10.8 Å². The van der Waals surface area contributed by atoms with Crippen molar-refractivity contribution in [3.05, 3.63) is 82.9 Å².